The van der Waals surface area contributed by atoms with Crippen molar-refractivity contribution in [1.29, 1.82) is 0 Å². The highest BCUT2D eigenvalue weighted by Gasteiger charge is 2.33. The van der Waals surface area contributed by atoms with Crippen molar-refractivity contribution >= 4 is 27.5 Å². The molecule has 2 amide bonds. The average molecular weight is 580 g/mol. The molecule has 0 aromatic heterocycles. The molecule has 1 unspecified atom stereocenters. The van der Waals surface area contributed by atoms with E-state index in [1.54, 1.807) is 12.1 Å². The molecule has 0 aliphatic rings. The normalized spacial score (nSPS) is 11.9. The molecule has 1 N–H and O–H groups in total. The first-order valence-electron chi connectivity index (χ1n) is 13.8. The number of unbranched alkanes of at least 4 members (excludes halogenated alkanes) is 1. The van der Waals surface area contributed by atoms with Gasteiger partial charge in [0.25, 0.3) is 0 Å². The van der Waals surface area contributed by atoms with Crippen molar-refractivity contribution in [1.82, 2.24) is 10.2 Å². The third-order valence-electron chi connectivity index (χ3n) is 6.86. The third-order valence-corrected chi connectivity index (χ3v) is 7.98. The van der Waals surface area contributed by atoms with Crippen molar-refractivity contribution in [2.24, 2.45) is 0 Å². The maximum absolute atomic E-state index is 14.2. The number of nitrogens with one attached hydrogen (secondary N) is 1. The summed E-state index contributed by atoms with van der Waals surface area (Å²) in [6.45, 7) is 6.00. The molecule has 0 radical (unpaired) electrons. The Balaban J connectivity index is 2.07. The number of aryl methyl sites for hydroxylation is 2. The molecule has 220 valence electrons. The second kappa shape index (κ2) is 14.7. The largest absolute Gasteiger partial charge is 0.495 e. The molecule has 1 atom stereocenters. The lowest BCUT2D eigenvalue weighted by Crippen LogP contribution is -2.53. The summed E-state index contributed by atoms with van der Waals surface area (Å²) in [6.07, 6.45) is 3.07. The summed E-state index contributed by atoms with van der Waals surface area (Å²) >= 11 is 0. The summed E-state index contributed by atoms with van der Waals surface area (Å²) in [5, 5.41) is 2.99. The Labute approximate surface area is 244 Å². The summed E-state index contributed by atoms with van der Waals surface area (Å²) in [5.74, 6) is -0.440. The molecule has 3 aromatic carbocycles. The van der Waals surface area contributed by atoms with Gasteiger partial charge in [-0.3, -0.25) is 13.9 Å². The van der Waals surface area contributed by atoms with Gasteiger partial charge in [0.05, 0.1) is 19.1 Å². The molecule has 0 bridgehead atoms. The summed E-state index contributed by atoms with van der Waals surface area (Å²) < 4.78 is 32.6. The van der Waals surface area contributed by atoms with Gasteiger partial charge < -0.3 is 15.0 Å². The predicted molar refractivity (Wildman–Crippen MR) is 164 cm³/mol. The number of hydrogen-bond donors (Lipinski definition) is 1. The Bertz CT molecular complexity index is 1410. The molecule has 3 rings (SSSR count). The number of nitrogens with zero attached hydrogens (tertiary/aromatic N) is 2. The van der Waals surface area contributed by atoms with E-state index >= 15 is 0 Å². The number of carbonyl (C=O) groups is 2. The van der Waals surface area contributed by atoms with E-state index in [0.29, 0.717) is 12.3 Å². The minimum atomic E-state index is -3.89. The Morgan fingerprint density at radius 2 is 1.59 bits per heavy atom. The lowest BCUT2D eigenvalue weighted by atomic mass is 10.0. The highest BCUT2D eigenvalue weighted by molar-refractivity contribution is 7.92. The van der Waals surface area contributed by atoms with Gasteiger partial charge in [0.1, 0.15) is 18.3 Å². The van der Waals surface area contributed by atoms with Crippen LogP contribution in [0.25, 0.3) is 0 Å². The van der Waals surface area contributed by atoms with Crippen LogP contribution in [-0.4, -0.2) is 57.6 Å². The second-order valence-corrected chi connectivity index (χ2v) is 12.2. The van der Waals surface area contributed by atoms with Gasteiger partial charge in [0.2, 0.25) is 21.8 Å². The van der Waals surface area contributed by atoms with Gasteiger partial charge in [-0.25, -0.2) is 8.42 Å². The Hall–Kier alpha value is -3.85. The van der Waals surface area contributed by atoms with E-state index in [4.69, 9.17) is 4.74 Å². The molecule has 0 aliphatic carbocycles. The number of benzene rings is 3. The lowest BCUT2D eigenvalue weighted by Gasteiger charge is -2.34. The van der Waals surface area contributed by atoms with Crippen LogP contribution in [0, 0.1) is 13.8 Å². The molecule has 0 fully saturated rings. The fraction of sp³-hybridized carbons (Fsp3) is 0.375. The molecule has 41 heavy (non-hydrogen) atoms. The number of amides is 2. The quantitative estimate of drug-likeness (QED) is 0.281. The first-order valence-corrected chi connectivity index (χ1v) is 15.7. The number of anilines is 1. The van der Waals surface area contributed by atoms with Crippen LogP contribution >= 0.6 is 0 Å². The second-order valence-electron chi connectivity index (χ2n) is 10.3. The highest BCUT2D eigenvalue weighted by atomic mass is 32.2. The number of methoxy groups -OCH3 is 1. The molecule has 3 aromatic rings. The third kappa shape index (κ3) is 9.08. The van der Waals surface area contributed by atoms with Crippen molar-refractivity contribution in [3.63, 3.8) is 0 Å². The molecule has 0 saturated carbocycles. The van der Waals surface area contributed by atoms with Crippen LogP contribution in [0.1, 0.15) is 42.0 Å². The maximum atomic E-state index is 14.2. The van der Waals surface area contributed by atoms with E-state index in [-0.39, 0.29) is 24.6 Å². The Morgan fingerprint density at radius 1 is 0.927 bits per heavy atom. The molecular formula is C32H41N3O5S. The van der Waals surface area contributed by atoms with Crippen LogP contribution in [0.15, 0.2) is 72.8 Å². The molecule has 9 heteroatoms. The van der Waals surface area contributed by atoms with E-state index in [2.05, 4.69) is 5.32 Å². The Kier molecular flexibility index (Phi) is 11.3. The Morgan fingerprint density at radius 3 is 2.20 bits per heavy atom. The van der Waals surface area contributed by atoms with Crippen LogP contribution in [0.3, 0.4) is 0 Å². The van der Waals surface area contributed by atoms with Crippen LogP contribution in [0.5, 0.6) is 5.75 Å². The van der Waals surface area contributed by atoms with E-state index in [0.717, 1.165) is 45.7 Å². The molecule has 0 heterocycles. The number of rotatable bonds is 14. The number of sulfonamides is 1. The van der Waals surface area contributed by atoms with Gasteiger partial charge in [-0.2, -0.15) is 0 Å². The molecule has 0 saturated heterocycles. The topological polar surface area (TPSA) is 96.0 Å². The summed E-state index contributed by atoms with van der Waals surface area (Å²) in [4.78, 5) is 29.3. The standard InChI is InChI=1S/C32H41N3O5S/c1-6-7-19-33-32(37)29(21-26-11-9-8-10-12-26)34(22-27-16-13-24(2)14-17-27)31(36)23-35(41(5,38)39)28-20-25(3)15-18-30(28)40-4/h8-18,20,29H,6-7,19,21-23H2,1-5H3,(H,33,37). The van der Waals surface area contributed by atoms with Crippen LogP contribution in [0.4, 0.5) is 5.69 Å². The smallest absolute Gasteiger partial charge is 0.244 e. The van der Waals surface area contributed by atoms with Crippen molar-refractivity contribution in [3.8, 4) is 5.75 Å². The lowest BCUT2D eigenvalue weighted by molar-refractivity contribution is -0.140. The highest BCUT2D eigenvalue weighted by Crippen LogP contribution is 2.31. The van der Waals surface area contributed by atoms with Crippen molar-refractivity contribution in [2.75, 3.05) is 30.8 Å². The average Bonchev–Trinajstić information content (AvgIpc) is 2.94. The minimum absolute atomic E-state index is 0.139. The molecule has 8 nitrogen and oxygen atoms in total. The predicted octanol–water partition coefficient (Wildman–Crippen LogP) is 4.63. The van der Waals surface area contributed by atoms with Crippen LogP contribution < -0.4 is 14.4 Å². The summed E-state index contributed by atoms with van der Waals surface area (Å²) in [6, 6.07) is 21.6. The van der Waals surface area contributed by atoms with Crippen molar-refractivity contribution < 1.29 is 22.7 Å². The van der Waals surface area contributed by atoms with Gasteiger partial charge in [0.15, 0.2) is 0 Å². The summed E-state index contributed by atoms with van der Waals surface area (Å²) in [5.41, 5.74) is 3.88. The van der Waals surface area contributed by atoms with Gasteiger partial charge in [0, 0.05) is 19.5 Å². The first-order chi connectivity index (χ1) is 19.5. The van der Waals surface area contributed by atoms with Crippen LogP contribution in [-0.2, 0) is 32.6 Å². The summed E-state index contributed by atoms with van der Waals surface area (Å²) in [7, 11) is -2.44. The van der Waals surface area contributed by atoms with Crippen LogP contribution in [0.2, 0.25) is 0 Å². The fourth-order valence-corrected chi connectivity index (χ4v) is 5.38. The van der Waals surface area contributed by atoms with E-state index in [1.807, 2.05) is 81.4 Å². The number of hydrogen-bond acceptors (Lipinski definition) is 5. The van der Waals surface area contributed by atoms with E-state index in [1.165, 1.54) is 12.0 Å². The van der Waals surface area contributed by atoms with Gasteiger partial charge >= 0.3 is 0 Å². The van der Waals surface area contributed by atoms with Gasteiger partial charge in [-0.1, -0.05) is 79.6 Å². The number of ether oxygens (including phenoxy) is 1. The van der Waals surface area contributed by atoms with Crippen molar-refractivity contribution in [2.45, 2.75) is 52.6 Å². The molecule has 0 aliphatic heterocycles. The molecule has 0 spiro atoms. The zero-order valence-electron chi connectivity index (χ0n) is 24.6. The van der Waals surface area contributed by atoms with Crippen molar-refractivity contribution in [3.05, 3.63) is 95.1 Å². The zero-order valence-corrected chi connectivity index (χ0v) is 25.4. The fourth-order valence-electron chi connectivity index (χ4n) is 4.54. The van der Waals surface area contributed by atoms with E-state index < -0.39 is 28.5 Å². The zero-order chi connectivity index (χ0) is 30.0. The first kappa shape index (κ1) is 31.7. The van der Waals surface area contributed by atoms with Gasteiger partial charge in [-0.15, -0.1) is 0 Å². The SMILES string of the molecule is CCCCNC(=O)C(Cc1ccccc1)N(Cc1ccc(C)cc1)C(=O)CN(c1cc(C)ccc1OC)S(C)(=O)=O. The van der Waals surface area contributed by atoms with E-state index in [9.17, 15) is 18.0 Å². The minimum Gasteiger partial charge on any atom is -0.495 e. The monoisotopic (exact) mass is 579 g/mol. The van der Waals surface area contributed by atoms with Gasteiger partial charge in [-0.05, 0) is 49.1 Å². The molecular weight excluding hydrogens is 538 g/mol. The maximum Gasteiger partial charge on any atom is 0.244 e. The number of carbonyl (C=O) groups excluding carboxylic acids is 2.